The van der Waals surface area contributed by atoms with Gasteiger partial charge in [0.2, 0.25) is 0 Å². The molecule has 0 unspecified atom stereocenters. The quantitative estimate of drug-likeness (QED) is 0.393. The van der Waals surface area contributed by atoms with Gasteiger partial charge in [-0.05, 0) is 29.5 Å². The molecule has 6 heteroatoms. The number of hydrogen-bond acceptors (Lipinski definition) is 4. The van der Waals surface area contributed by atoms with Gasteiger partial charge in [0.25, 0.3) is 0 Å². The van der Waals surface area contributed by atoms with E-state index < -0.39 is 0 Å². The summed E-state index contributed by atoms with van der Waals surface area (Å²) in [6, 6.07) is 0. The first-order valence-corrected chi connectivity index (χ1v) is 5.81. The van der Waals surface area contributed by atoms with Crippen molar-refractivity contribution < 1.29 is 0 Å². The van der Waals surface area contributed by atoms with E-state index in [1.165, 1.54) is 6.20 Å². The highest BCUT2D eigenvalue weighted by Gasteiger charge is 1.98. The van der Waals surface area contributed by atoms with Crippen LogP contribution in [0.3, 0.4) is 0 Å². The number of rotatable bonds is 6. The van der Waals surface area contributed by atoms with Gasteiger partial charge in [0.15, 0.2) is 0 Å². The summed E-state index contributed by atoms with van der Waals surface area (Å²) in [5, 5.41) is 10.4. The third kappa shape index (κ3) is 6.51. The summed E-state index contributed by atoms with van der Waals surface area (Å²) >= 11 is 7.76. The number of nitrogens with two attached hydrogens (primary N) is 1. The first kappa shape index (κ1) is 14.4. The molecule has 0 bridgehead atoms. The fourth-order valence-electron chi connectivity index (χ4n) is 0.684. The van der Waals surface area contributed by atoms with Crippen molar-refractivity contribution in [1.82, 2.24) is 5.32 Å². The summed E-state index contributed by atoms with van der Waals surface area (Å²) in [6.45, 7) is 3.22. The van der Waals surface area contributed by atoms with Crippen LogP contribution in [0, 0.1) is 5.41 Å². The van der Waals surface area contributed by atoms with Gasteiger partial charge in [-0.25, -0.2) is 0 Å². The van der Waals surface area contributed by atoms with Crippen LogP contribution in [-0.2, 0) is 0 Å². The second-order valence-corrected chi connectivity index (χ2v) is 4.02. The van der Waals surface area contributed by atoms with Gasteiger partial charge < -0.3 is 16.5 Å². The average Bonchev–Trinajstić information content (AvgIpc) is 2.27. The van der Waals surface area contributed by atoms with Crippen molar-refractivity contribution in [2.45, 2.75) is 6.92 Å². The van der Waals surface area contributed by atoms with Crippen LogP contribution in [0.5, 0.6) is 0 Å². The highest BCUT2D eigenvalue weighted by Crippen LogP contribution is 2.11. The minimum Gasteiger partial charge on any atom is -0.404 e. The molecule has 0 atom stereocenters. The summed E-state index contributed by atoms with van der Waals surface area (Å²) in [7, 11) is 0. The van der Waals surface area contributed by atoms with E-state index in [1.54, 1.807) is 6.21 Å². The van der Waals surface area contributed by atoms with Gasteiger partial charge in [-0.2, -0.15) is 0 Å². The number of hydrogen-bond donors (Lipinski definition) is 3. The van der Waals surface area contributed by atoms with Crippen LogP contribution < -0.4 is 11.1 Å². The molecule has 15 heavy (non-hydrogen) atoms. The molecule has 0 fully saturated rings. The molecule has 0 radical (unpaired) electrons. The zero-order chi connectivity index (χ0) is 11.7. The molecule has 0 spiro atoms. The zero-order valence-electron chi connectivity index (χ0n) is 8.43. The summed E-state index contributed by atoms with van der Waals surface area (Å²) in [6.07, 6.45) is 4.30. The second-order valence-electron chi connectivity index (χ2n) is 2.53. The van der Waals surface area contributed by atoms with Crippen LogP contribution in [0.4, 0.5) is 0 Å². The monoisotopic (exact) mass is 340 g/mol. The molecule has 0 heterocycles. The van der Waals surface area contributed by atoms with E-state index >= 15 is 0 Å². The molecule has 0 aromatic rings. The topological polar surface area (TPSA) is 74.3 Å². The Balaban J connectivity index is 4.25. The molecule has 0 aliphatic rings. The Morgan fingerprint density at radius 1 is 1.67 bits per heavy atom. The van der Waals surface area contributed by atoms with E-state index in [9.17, 15) is 0 Å². The highest BCUT2D eigenvalue weighted by atomic mass is 127. The van der Waals surface area contributed by atoms with Crippen molar-refractivity contribution in [3.8, 4) is 0 Å². The molecule has 4 nitrogen and oxygen atoms in total. The number of nitrogens with zero attached hydrogens (tertiary/aromatic N) is 1. The fourth-order valence-corrected chi connectivity index (χ4v) is 1.10. The Hall–Kier alpha value is -0.560. The molecule has 4 N–H and O–H groups in total. The van der Waals surface area contributed by atoms with Gasteiger partial charge >= 0.3 is 0 Å². The minimum absolute atomic E-state index is 0.374. The summed E-state index contributed by atoms with van der Waals surface area (Å²) in [5.41, 5.74) is 6.29. The van der Waals surface area contributed by atoms with Gasteiger partial charge in [0.1, 0.15) is 0 Å². The molecule has 84 valence electrons. The lowest BCUT2D eigenvalue weighted by Crippen LogP contribution is -2.16. The number of allylic oxidation sites excluding steroid dienone is 1. The van der Waals surface area contributed by atoms with Crippen LogP contribution in [0.15, 0.2) is 25.5 Å². The Morgan fingerprint density at radius 2 is 2.33 bits per heavy atom. The van der Waals surface area contributed by atoms with E-state index in [0.717, 1.165) is 18.3 Å². The van der Waals surface area contributed by atoms with Crippen LogP contribution in [-0.4, -0.2) is 25.5 Å². The maximum atomic E-state index is 6.96. The molecule has 0 aliphatic heterocycles. The van der Waals surface area contributed by atoms with Crippen LogP contribution in [0.25, 0.3) is 0 Å². The first-order valence-electron chi connectivity index (χ1n) is 4.35. The lowest BCUT2D eigenvalue weighted by molar-refractivity contribution is 0.954. The fraction of sp³-hybridized carbons (Fsp3) is 0.333. The smallest absolute Gasteiger partial charge is 0.0939 e. The van der Waals surface area contributed by atoms with Crippen LogP contribution in [0.1, 0.15) is 6.92 Å². The van der Waals surface area contributed by atoms with Crippen molar-refractivity contribution >= 4 is 46.6 Å². The number of aliphatic imine (C=N–C) groups is 1. The Kier molecular flexibility index (Phi) is 8.40. The molecule has 0 amide bonds. The van der Waals surface area contributed by atoms with Crippen molar-refractivity contribution in [2.24, 2.45) is 10.7 Å². The van der Waals surface area contributed by atoms with E-state index in [4.69, 9.17) is 22.7 Å². The molecule has 0 aliphatic carbocycles. The number of nitrogens with one attached hydrogen (secondary N) is 2. The average molecular weight is 341 g/mol. The third-order valence-corrected chi connectivity index (χ3v) is 3.02. The van der Waals surface area contributed by atoms with Crippen molar-refractivity contribution in [1.29, 1.82) is 5.41 Å². The largest absolute Gasteiger partial charge is 0.404 e. The molecule has 0 rings (SSSR count). The summed E-state index contributed by atoms with van der Waals surface area (Å²) < 4.78 is 0.716. The highest BCUT2D eigenvalue weighted by molar-refractivity contribution is 14.1. The molecule has 0 saturated heterocycles. The molecular weight excluding hydrogens is 326 g/mol. The predicted molar refractivity (Wildman–Crippen MR) is 75.0 cm³/mol. The second kappa shape index (κ2) is 8.72. The normalized spacial score (nSPS) is 13.9. The SMILES string of the molecule is CCN=CC(=CN)CN/C(I)=C(/Cl)C=N. The van der Waals surface area contributed by atoms with Crippen molar-refractivity contribution in [3.05, 3.63) is 20.5 Å². The van der Waals surface area contributed by atoms with Gasteiger partial charge in [-0.3, -0.25) is 4.99 Å². The number of halogens is 2. The third-order valence-electron chi connectivity index (χ3n) is 1.44. The molecular formula is C9H14ClIN4. The Morgan fingerprint density at radius 3 is 2.80 bits per heavy atom. The zero-order valence-corrected chi connectivity index (χ0v) is 11.3. The summed E-state index contributed by atoms with van der Waals surface area (Å²) in [4.78, 5) is 4.08. The molecule has 0 aromatic heterocycles. The minimum atomic E-state index is 0.374. The lowest BCUT2D eigenvalue weighted by atomic mass is 10.3. The molecule has 0 saturated carbocycles. The van der Waals surface area contributed by atoms with Gasteiger partial charge in [0, 0.05) is 37.3 Å². The first-order chi connectivity index (χ1) is 7.15. The lowest BCUT2D eigenvalue weighted by Gasteiger charge is -2.05. The van der Waals surface area contributed by atoms with E-state index in [0.29, 0.717) is 15.3 Å². The van der Waals surface area contributed by atoms with E-state index in [2.05, 4.69) is 10.3 Å². The standard InChI is InChI=1S/C9H14ClIN4/c1-2-14-5-7(3-12)6-15-9(11)8(10)4-13/h3-5,13,15H,2,6,12H2,1H3/b7-3?,9-8+,13-4?,14-5?. The van der Waals surface area contributed by atoms with Crippen LogP contribution in [0.2, 0.25) is 0 Å². The Bertz CT molecular complexity index is 296. The van der Waals surface area contributed by atoms with Gasteiger partial charge in [-0.1, -0.05) is 11.6 Å². The molecule has 0 aromatic carbocycles. The maximum Gasteiger partial charge on any atom is 0.0939 e. The Labute approximate surface area is 108 Å². The van der Waals surface area contributed by atoms with Crippen molar-refractivity contribution in [3.63, 3.8) is 0 Å². The van der Waals surface area contributed by atoms with E-state index in [1.807, 2.05) is 29.5 Å². The predicted octanol–water partition coefficient (Wildman–Crippen LogP) is 2.00. The maximum absolute atomic E-state index is 6.96. The summed E-state index contributed by atoms with van der Waals surface area (Å²) in [5.74, 6) is 0. The van der Waals surface area contributed by atoms with E-state index in [-0.39, 0.29) is 0 Å². The van der Waals surface area contributed by atoms with Gasteiger partial charge in [0.05, 0.1) is 8.74 Å². The van der Waals surface area contributed by atoms with Crippen molar-refractivity contribution in [2.75, 3.05) is 13.1 Å². The van der Waals surface area contributed by atoms with Crippen LogP contribution >= 0.6 is 34.2 Å². The van der Waals surface area contributed by atoms with Gasteiger partial charge in [-0.15, -0.1) is 0 Å².